The largest absolute Gasteiger partial charge is 0.468 e. The molecule has 1 spiro atoms. The summed E-state index contributed by atoms with van der Waals surface area (Å²) in [4.78, 5) is 25.3. The fraction of sp³-hybridized carbons (Fsp3) is 0.846. The van der Waals surface area contributed by atoms with E-state index in [0.717, 1.165) is 25.0 Å². The number of carbonyl (C=O) groups excluding carboxylic acids is 2. The Bertz CT molecular complexity index is 857. The van der Waals surface area contributed by atoms with Crippen LogP contribution in [0.3, 0.4) is 0 Å². The number of epoxide rings is 1. The minimum absolute atomic E-state index is 0. The van der Waals surface area contributed by atoms with Gasteiger partial charge in [0.2, 0.25) is 0 Å². The molecule has 0 aromatic rings. The minimum Gasteiger partial charge on any atom is -0.468 e. The topological polar surface area (TPSA) is 118 Å². The van der Waals surface area contributed by atoms with Gasteiger partial charge in [-0.1, -0.05) is 13.8 Å². The van der Waals surface area contributed by atoms with Crippen LogP contribution < -0.4 is 5.32 Å². The van der Waals surface area contributed by atoms with E-state index in [-0.39, 0.29) is 142 Å². The van der Waals surface area contributed by atoms with Gasteiger partial charge >= 0.3 is 11.9 Å². The standard InChI is InChI=1S/C26H41NO7S.2Ac/c1-24-9-6-21(29)25(2,14-28)19(24)5-10-26(15-34-26)20(24)13-18(16-7-11-33-22(16)30)27-17(8-12-35-4)23(31)32-3;;/h7,17-21,27-29H,5-6,8-15H2,1-4H3;;/t17?,18?,19?,20-,21?,24+,25+,26+;;/m1../s1. The third-order valence-corrected chi connectivity index (χ3v) is 10.2. The number of nitrogens with one attached hydrogen (secondary N) is 1. The number of aliphatic hydroxyl groups excluding tert-OH is 2. The molecule has 0 amide bonds. The molecule has 0 aromatic carbocycles. The Morgan fingerprint density at radius 2 is 2.00 bits per heavy atom. The predicted octanol–water partition coefficient (Wildman–Crippen LogP) is 2.07. The molecule has 3 N–H and O–H groups in total. The van der Waals surface area contributed by atoms with Crippen molar-refractivity contribution in [1.82, 2.24) is 5.32 Å². The first-order chi connectivity index (χ1) is 16.6. The number of esters is 2. The third-order valence-electron chi connectivity index (χ3n) is 9.55. The molecule has 2 heterocycles. The van der Waals surface area contributed by atoms with E-state index in [2.05, 4.69) is 12.2 Å². The summed E-state index contributed by atoms with van der Waals surface area (Å²) in [6.07, 6.45) is 7.67. The Labute approximate surface area is 296 Å². The van der Waals surface area contributed by atoms with Gasteiger partial charge in [0.05, 0.1) is 37.6 Å². The third kappa shape index (κ3) is 6.88. The quantitative estimate of drug-likeness (QED) is 0.224. The van der Waals surface area contributed by atoms with E-state index >= 15 is 0 Å². The number of thioether (sulfide) groups is 1. The molecule has 4 unspecified atom stereocenters. The number of cyclic esters (lactones) is 1. The van der Waals surface area contributed by atoms with Gasteiger partial charge in [0, 0.05) is 99.6 Å². The molecule has 4 rings (SSSR count). The number of methoxy groups -OCH3 is 1. The van der Waals surface area contributed by atoms with Crippen molar-refractivity contribution in [3.05, 3.63) is 11.6 Å². The van der Waals surface area contributed by atoms with Crippen LogP contribution in [-0.2, 0) is 23.8 Å². The summed E-state index contributed by atoms with van der Waals surface area (Å²) in [6, 6.07) is -0.921. The summed E-state index contributed by atoms with van der Waals surface area (Å²) in [5.41, 5.74) is -0.463. The molecular formula is C26H41Ac2NO7S. The summed E-state index contributed by atoms with van der Waals surface area (Å²) in [7, 11) is 1.39. The Kier molecular flexibility index (Phi) is 13.5. The first kappa shape index (κ1) is 35.0. The van der Waals surface area contributed by atoms with Crippen molar-refractivity contribution in [1.29, 1.82) is 0 Å². The van der Waals surface area contributed by atoms with Crippen LogP contribution in [0, 0.1) is 111 Å². The number of rotatable bonds is 10. The van der Waals surface area contributed by atoms with Crippen LogP contribution in [0.4, 0.5) is 0 Å². The van der Waals surface area contributed by atoms with E-state index in [0.29, 0.717) is 31.4 Å². The number of aliphatic hydroxyl groups is 2. The number of fused-ring (bicyclic) bond motifs is 1. The van der Waals surface area contributed by atoms with Gasteiger partial charge in [-0.25, -0.2) is 4.79 Å². The van der Waals surface area contributed by atoms with E-state index in [9.17, 15) is 19.8 Å². The molecule has 0 bridgehead atoms. The number of carbonyl (C=O) groups is 2. The van der Waals surface area contributed by atoms with Crippen LogP contribution in [-0.4, -0.2) is 84.9 Å². The summed E-state index contributed by atoms with van der Waals surface area (Å²) in [5.74, 6) is 0.319. The molecule has 1 saturated heterocycles. The maximum Gasteiger partial charge on any atom is 0.335 e. The fourth-order valence-corrected chi connectivity index (χ4v) is 7.86. The van der Waals surface area contributed by atoms with E-state index in [4.69, 9.17) is 14.2 Å². The van der Waals surface area contributed by atoms with Crippen molar-refractivity contribution < 1.29 is 122 Å². The molecule has 37 heavy (non-hydrogen) atoms. The Hall–Kier alpha value is 1.75. The van der Waals surface area contributed by atoms with E-state index < -0.39 is 17.6 Å². The number of hydrogen-bond donors (Lipinski definition) is 3. The number of hydrogen-bond acceptors (Lipinski definition) is 9. The molecule has 11 heteroatoms. The van der Waals surface area contributed by atoms with Gasteiger partial charge < -0.3 is 24.4 Å². The molecule has 8 nitrogen and oxygen atoms in total. The second-order valence-corrected chi connectivity index (χ2v) is 12.3. The van der Waals surface area contributed by atoms with Gasteiger partial charge in [0.15, 0.2) is 0 Å². The summed E-state index contributed by atoms with van der Waals surface area (Å²) >= 11 is 1.66. The van der Waals surface area contributed by atoms with Crippen LogP contribution in [0.15, 0.2) is 11.6 Å². The molecule has 3 fully saturated rings. The summed E-state index contributed by atoms with van der Waals surface area (Å²) in [6.45, 7) is 5.13. The first-order valence-corrected chi connectivity index (χ1v) is 14.2. The molecular weight excluding hydrogens is 924 g/mol. The van der Waals surface area contributed by atoms with Gasteiger partial charge in [0.1, 0.15) is 12.6 Å². The summed E-state index contributed by atoms with van der Waals surface area (Å²) < 4.78 is 16.5. The van der Waals surface area contributed by atoms with Crippen molar-refractivity contribution in [2.75, 3.05) is 38.9 Å². The summed E-state index contributed by atoms with van der Waals surface area (Å²) in [5, 5.41) is 24.7. The Morgan fingerprint density at radius 3 is 2.54 bits per heavy atom. The average Bonchev–Trinajstić information content (AvgIpc) is 3.49. The number of ether oxygens (including phenoxy) is 3. The smallest absolute Gasteiger partial charge is 0.335 e. The maximum atomic E-state index is 12.7. The predicted molar refractivity (Wildman–Crippen MR) is 133 cm³/mol. The molecule has 4 aliphatic rings. The van der Waals surface area contributed by atoms with Crippen molar-refractivity contribution in [3.63, 3.8) is 0 Å². The van der Waals surface area contributed by atoms with Crippen molar-refractivity contribution in [2.24, 2.45) is 22.7 Å². The SMILES string of the molecule is COC(=O)C(CCSC)NC(C[C@H]1[C@]2(CCC3[C@](C)(CO)C(O)CC[C@@]31C)CO2)C1=CCOC1=O.[Ac].[Ac]. The van der Waals surface area contributed by atoms with E-state index in [1.165, 1.54) is 7.11 Å². The van der Waals surface area contributed by atoms with Crippen LogP contribution >= 0.6 is 11.8 Å². The zero-order chi connectivity index (χ0) is 25.4. The molecule has 8 atom stereocenters. The van der Waals surface area contributed by atoms with Gasteiger partial charge in [-0.2, -0.15) is 11.8 Å². The van der Waals surface area contributed by atoms with Gasteiger partial charge in [-0.15, -0.1) is 0 Å². The fourth-order valence-electron chi connectivity index (χ4n) is 7.38. The first-order valence-electron chi connectivity index (χ1n) is 12.8. The molecule has 0 aromatic heterocycles. The molecule has 2 aliphatic carbocycles. The van der Waals surface area contributed by atoms with Crippen molar-refractivity contribution in [3.8, 4) is 0 Å². The Balaban J connectivity index is 0.00000241. The minimum atomic E-state index is -0.580. The van der Waals surface area contributed by atoms with Crippen LogP contribution in [0.2, 0.25) is 0 Å². The van der Waals surface area contributed by atoms with Crippen LogP contribution in [0.25, 0.3) is 0 Å². The molecule has 2 radical (unpaired) electrons. The van der Waals surface area contributed by atoms with Crippen LogP contribution in [0.5, 0.6) is 0 Å². The second-order valence-electron chi connectivity index (χ2n) is 11.3. The normalized spacial score (nSPS) is 37.8. The average molecular weight is 966 g/mol. The molecule has 2 saturated carbocycles. The Morgan fingerprint density at radius 1 is 1.30 bits per heavy atom. The second kappa shape index (κ2) is 14.3. The van der Waals surface area contributed by atoms with E-state index in [1.54, 1.807) is 11.8 Å². The van der Waals surface area contributed by atoms with Crippen molar-refractivity contribution in [2.45, 2.75) is 76.2 Å². The zero-order valence-electron chi connectivity index (χ0n) is 22.5. The maximum absolute atomic E-state index is 12.7. The van der Waals surface area contributed by atoms with Gasteiger partial charge in [-0.05, 0) is 73.9 Å². The zero-order valence-corrected chi connectivity index (χ0v) is 32.8. The van der Waals surface area contributed by atoms with Crippen molar-refractivity contribution >= 4 is 23.7 Å². The van der Waals surface area contributed by atoms with Crippen LogP contribution in [0.1, 0.15) is 52.4 Å². The molecule has 2 aliphatic heterocycles. The van der Waals surface area contributed by atoms with Gasteiger partial charge in [-0.3, -0.25) is 10.1 Å². The monoisotopic (exact) mass is 965 g/mol. The molecule has 204 valence electrons. The van der Waals surface area contributed by atoms with E-state index in [1.807, 2.05) is 19.3 Å². The van der Waals surface area contributed by atoms with Gasteiger partial charge in [0.25, 0.3) is 0 Å².